The molecule has 2 N–H and O–H groups in total. The molecule has 1 heterocycles. The number of anilines is 1. The fourth-order valence-electron chi connectivity index (χ4n) is 2.54. The largest absolute Gasteiger partial charge is 0.495 e. The Balaban J connectivity index is 1.45. The summed E-state index contributed by atoms with van der Waals surface area (Å²) in [6, 6.07) is 16.2. The van der Waals surface area contributed by atoms with E-state index in [0.717, 1.165) is 11.3 Å². The lowest BCUT2D eigenvalue weighted by Crippen LogP contribution is -2.32. The maximum atomic E-state index is 12.0. The number of ether oxygens (including phenoxy) is 2. The molecule has 0 unspecified atom stereocenters. The molecule has 7 nitrogen and oxygen atoms in total. The van der Waals surface area contributed by atoms with Gasteiger partial charge in [0, 0.05) is 16.7 Å². The van der Waals surface area contributed by atoms with Gasteiger partial charge in [0.2, 0.25) is 5.88 Å². The molecule has 0 radical (unpaired) electrons. The minimum atomic E-state index is -0.394. The summed E-state index contributed by atoms with van der Waals surface area (Å²) in [6.45, 7) is 2.57. The number of methoxy groups -OCH3 is 1. The van der Waals surface area contributed by atoms with E-state index in [0.29, 0.717) is 22.3 Å². The van der Waals surface area contributed by atoms with E-state index >= 15 is 0 Å². The van der Waals surface area contributed by atoms with Crippen molar-refractivity contribution < 1.29 is 14.3 Å². The van der Waals surface area contributed by atoms with E-state index in [4.69, 9.17) is 21.1 Å². The number of urea groups is 1. The molecule has 8 heteroatoms. The van der Waals surface area contributed by atoms with E-state index in [1.165, 1.54) is 12.7 Å². The van der Waals surface area contributed by atoms with Crippen LogP contribution in [0.1, 0.15) is 5.56 Å². The number of nitrogens with zero attached hydrogens (tertiary/aromatic N) is 2. The number of benzene rings is 2. The summed E-state index contributed by atoms with van der Waals surface area (Å²) in [6.07, 6.45) is 0. The van der Waals surface area contributed by atoms with Crippen LogP contribution in [0, 0.1) is 6.92 Å². The van der Waals surface area contributed by atoms with E-state index in [2.05, 4.69) is 20.8 Å². The summed E-state index contributed by atoms with van der Waals surface area (Å²) < 4.78 is 10.7. The van der Waals surface area contributed by atoms with Crippen molar-refractivity contribution in [2.75, 3.05) is 25.6 Å². The van der Waals surface area contributed by atoms with Crippen LogP contribution in [-0.2, 0) is 0 Å². The normalized spacial score (nSPS) is 10.3. The fraction of sp³-hybridized carbons (Fsp3) is 0.190. The van der Waals surface area contributed by atoms with Crippen LogP contribution in [-0.4, -0.2) is 36.5 Å². The van der Waals surface area contributed by atoms with Gasteiger partial charge in [0.25, 0.3) is 0 Å². The van der Waals surface area contributed by atoms with E-state index < -0.39 is 6.03 Å². The third-order valence-electron chi connectivity index (χ3n) is 4.03. The SMILES string of the molecule is COc1ccc(Cl)cc1NC(=O)NCCOc1ccc(-c2ccc(C)cc2)nn1. The van der Waals surface area contributed by atoms with Crippen LogP contribution in [0.4, 0.5) is 10.5 Å². The highest BCUT2D eigenvalue weighted by Gasteiger charge is 2.08. The molecule has 0 saturated carbocycles. The number of hydrogen-bond acceptors (Lipinski definition) is 5. The molecule has 0 aliphatic heterocycles. The molecular weight excluding hydrogens is 392 g/mol. The van der Waals surface area contributed by atoms with E-state index in [1.807, 2.05) is 37.3 Å². The summed E-state index contributed by atoms with van der Waals surface area (Å²) in [7, 11) is 1.52. The first-order valence-corrected chi connectivity index (χ1v) is 9.35. The van der Waals surface area contributed by atoms with Gasteiger partial charge in [-0.15, -0.1) is 10.2 Å². The van der Waals surface area contributed by atoms with Crippen LogP contribution in [0.15, 0.2) is 54.6 Å². The molecule has 0 aliphatic carbocycles. The molecule has 0 fully saturated rings. The third-order valence-corrected chi connectivity index (χ3v) is 4.27. The summed E-state index contributed by atoms with van der Waals surface area (Å²) >= 11 is 5.95. The molecule has 2 amide bonds. The van der Waals surface area contributed by atoms with Gasteiger partial charge in [0.15, 0.2) is 0 Å². The Morgan fingerprint density at radius 2 is 1.86 bits per heavy atom. The molecule has 29 heavy (non-hydrogen) atoms. The molecule has 0 aliphatic rings. The topological polar surface area (TPSA) is 85.4 Å². The van der Waals surface area contributed by atoms with Crippen molar-refractivity contribution in [3.8, 4) is 22.9 Å². The Kier molecular flexibility index (Phi) is 6.86. The predicted octanol–water partition coefficient (Wildman–Crippen LogP) is 4.31. The second-order valence-electron chi connectivity index (χ2n) is 6.20. The number of halogens is 1. The maximum absolute atomic E-state index is 12.0. The fourth-order valence-corrected chi connectivity index (χ4v) is 2.71. The monoisotopic (exact) mass is 412 g/mol. The van der Waals surface area contributed by atoms with Crippen molar-refractivity contribution in [3.05, 3.63) is 65.2 Å². The highest BCUT2D eigenvalue weighted by Crippen LogP contribution is 2.27. The van der Waals surface area contributed by atoms with E-state index in [1.54, 1.807) is 24.3 Å². The number of aromatic nitrogens is 2. The molecule has 0 saturated heterocycles. The molecule has 2 aromatic carbocycles. The minimum absolute atomic E-state index is 0.249. The Labute approximate surface area is 174 Å². The zero-order chi connectivity index (χ0) is 20.6. The average molecular weight is 413 g/mol. The lowest BCUT2D eigenvalue weighted by Gasteiger charge is -2.11. The maximum Gasteiger partial charge on any atom is 0.319 e. The number of hydrogen-bond donors (Lipinski definition) is 2. The van der Waals surface area contributed by atoms with Gasteiger partial charge in [-0.05, 0) is 31.2 Å². The summed E-state index contributed by atoms with van der Waals surface area (Å²) in [5, 5.41) is 14.1. The van der Waals surface area contributed by atoms with Crippen LogP contribution in [0.3, 0.4) is 0 Å². The van der Waals surface area contributed by atoms with Crippen LogP contribution in [0.2, 0.25) is 5.02 Å². The number of rotatable bonds is 7. The molecule has 0 bridgehead atoms. The van der Waals surface area contributed by atoms with Gasteiger partial charge in [-0.1, -0.05) is 41.4 Å². The van der Waals surface area contributed by atoms with Gasteiger partial charge in [-0.3, -0.25) is 0 Å². The smallest absolute Gasteiger partial charge is 0.319 e. The van der Waals surface area contributed by atoms with E-state index in [-0.39, 0.29) is 13.2 Å². The molecule has 3 aromatic rings. The highest BCUT2D eigenvalue weighted by molar-refractivity contribution is 6.31. The number of carbonyl (C=O) groups excluding carboxylic acids is 1. The zero-order valence-corrected chi connectivity index (χ0v) is 16.9. The van der Waals surface area contributed by atoms with Crippen LogP contribution in [0.25, 0.3) is 11.3 Å². The predicted molar refractivity (Wildman–Crippen MR) is 113 cm³/mol. The van der Waals surface area contributed by atoms with Crippen molar-refractivity contribution >= 4 is 23.3 Å². The lowest BCUT2D eigenvalue weighted by atomic mass is 10.1. The quantitative estimate of drug-likeness (QED) is 0.564. The standard InChI is InChI=1S/C21H21ClN4O3/c1-14-3-5-15(6-4-14)17-8-10-20(26-25-17)29-12-11-23-21(27)24-18-13-16(22)7-9-19(18)28-2/h3-10,13H,11-12H2,1-2H3,(H2,23,24,27). The molecule has 150 valence electrons. The molecule has 0 spiro atoms. The van der Waals surface area contributed by atoms with Gasteiger partial charge >= 0.3 is 6.03 Å². The average Bonchev–Trinajstić information content (AvgIpc) is 2.72. The van der Waals surface area contributed by atoms with Gasteiger partial charge < -0.3 is 20.1 Å². The zero-order valence-electron chi connectivity index (χ0n) is 16.1. The Hall–Kier alpha value is -3.32. The van der Waals surface area contributed by atoms with Gasteiger partial charge in [0.05, 0.1) is 25.0 Å². The van der Waals surface area contributed by atoms with Crippen molar-refractivity contribution in [1.29, 1.82) is 0 Å². The first-order valence-electron chi connectivity index (χ1n) is 8.97. The van der Waals surface area contributed by atoms with Crippen molar-refractivity contribution in [1.82, 2.24) is 15.5 Å². The van der Waals surface area contributed by atoms with Crippen LogP contribution < -0.4 is 20.1 Å². The molecular formula is C21H21ClN4O3. The van der Waals surface area contributed by atoms with Gasteiger partial charge in [-0.25, -0.2) is 4.79 Å². The Morgan fingerprint density at radius 3 is 2.55 bits per heavy atom. The van der Waals surface area contributed by atoms with Crippen LogP contribution in [0.5, 0.6) is 11.6 Å². The highest BCUT2D eigenvalue weighted by atomic mass is 35.5. The second-order valence-corrected chi connectivity index (χ2v) is 6.63. The minimum Gasteiger partial charge on any atom is -0.495 e. The summed E-state index contributed by atoms with van der Waals surface area (Å²) in [5.41, 5.74) is 3.43. The first-order chi connectivity index (χ1) is 14.0. The van der Waals surface area contributed by atoms with Gasteiger partial charge in [-0.2, -0.15) is 0 Å². The number of amides is 2. The van der Waals surface area contributed by atoms with Crippen LogP contribution >= 0.6 is 11.6 Å². The van der Waals surface area contributed by atoms with Crippen molar-refractivity contribution in [2.24, 2.45) is 0 Å². The lowest BCUT2D eigenvalue weighted by molar-refractivity contribution is 0.246. The molecule has 3 rings (SSSR count). The number of nitrogens with one attached hydrogen (secondary N) is 2. The molecule has 0 atom stereocenters. The molecule has 1 aromatic heterocycles. The number of aryl methyl sites for hydroxylation is 1. The first kappa shape index (κ1) is 20.4. The Bertz CT molecular complexity index is 963. The number of carbonyl (C=O) groups is 1. The summed E-state index contributed by atoms with van der Waals surface area (Å²) in [5.74, 6) is 0.907. The second kappa shape index (κ2) is 9.75. The summed E-state index contributed by atoms with van der Waals surface area (Å²) in [4.78, 5) is 12.0. The van der Waals surface area contributed by atoms with Crippen molar-refractivity contribution in [3.63, 3.8) is 0 Å². The van der Waals surface area contributed by atoms with Gasteiger partial charge in [0.1, 0.15) is 12.4 Å². The third kappa shape index (κ3) is 5.83. The Morgan fingerprint density at radius 1 is 1.07 bits per heavy atom. The van der Waals surface area contributed by atoms with E-state index in [9.17, 15) is 4.79 Å². The van der Waals surface area contributed by atoms with Crippen molar-refractivity contribution in [2.45, 2.75) is 6.92 Å².